The normalized spacial score (nSPS) is 11.0. The van der Waals surface area contributed by atoms with Crippen LogP contribution in [0.4, 0.5) is 5.69 Å². The molecular formula is C15H16N2O4S. The van der Waals surface area contributed by atoms with Crippen LogP contribution in [0.25, 0.3) is 0 Å². The molecule has 0 spiro atoms. The van der Waals surface area contributed by atoms with Crippen LogP contribution in [0.5, 0.6) is 5.75 Å². The quantitative estimate of drug-likeness (QED) is 0.880. The molecule has 7 heteroatoms. The van der Waals surface area contributed by atoms with Crippen LogP contribution in [0.1, 0.15) is 10.4 Å². The van der Waals surface area contributed by atoms with Gasteiger partial charge in [0.05, 0.1) is 12.0 Å². The minimum Gasteiger partial charge on any atom is -0.497 e. The smallest absolute Gasteiger partial charge is 0.255 e. The Morgan fingerprint density at radius 1 is 1.09 bits per heavy atom. The number of methoxy groups -OCH3 is 1. The third-order valence-electron chi connectivity index (χ3n) is 3.02. The fourth-order valence-corrected chi connectivity index (χ4v) is 2.58. The molecule has 0 aliphatic heterocycles. The fourth-order valence-electron chi connectivity index (χ4n) is 1.80. The topological polar surface area (TPSA) is 84.5 Å². The number of anilines is 1. The van der Waals surface area contributed by atoms with Crippen LogP contribution in [0.3, 0.4) is 0 Å². The van der Waals surface area contributed by atoms with Gasteiger partial charge in [-0.1, -0.05) is 6.07 Å². The first-order valence-corrected chi connectivity index (χ1v) is 7.93. The lowest BCUT2D eigenvalue weighted by Crippen LogP contribution is -2.19. The Morgan fingerprint density at radius 3 is 2.36 bits per heavy atom. The van der Waals surface area contributed by atoms with E-state index in [1.54, 1.807) is 37.4 Å². The maximum atomic E-state index is 12.2. The van der Waals surface area contributed by atoms with Crippen molar-refractivity contribution in [2.75, 3.05) is 19.5 Å². The number of sulfonamides is 1. The molecule has 0 atom stereocenters. The van der Waals surface area contributed by atoms with Crippen molar-refractivity contribution in [2.24, 2.45) is 0 Å². The largest absolute Gasteiger partial charge is 0.497 e. The third-order valence-corrected chi connectivity index (χ3v) is 4.44. The minimum atomic E-state index is -3.58. The average Bonchev–Trinajstić information content (AvgIpc) is 2.55. The van der Waals surface area contributed by atoms with Gasteiger partial charge in [-0.05, 0) is 49.5 Å². The van der Waals surface area contributed by atoms with Gasteiger partial charge in [-0.3, -0.25) is 4.79 Å². The van der Waals surface area contributed by atoms with Gasteiger partial charge in [0, 0.05) is 11.3 Å². The third kappa shape index (κ3) is 3.63. The second-order valence-corrected chi connectivity index (χ2v) is 6.30. The van der Waals surface area contributed by atoms with E-state index in [0.29, 0.717) is 11.4 Å². The summed E-state index contributed by atoms with van der Waals surface area (Å²) >= 11 is 0. The maximum Gasteiger partial charge on any atom is 0.255 e. The molecule has 0 unspecified atom stereocenters. The van der Waals surface area contributed by atoms with Gasteiger partial charge in [-0.2, -0.15) is 0 Å². The number of rotatable bonds is 5. The van der Waals surface area contributed by atoms with E-state index in [4.69, 9.17) is 4.74 Å². The van der Waals surface area contributed by atoms with Gasteiger partial charge in [-0.25, -0.2) is 13.1 Å². The summed E-state index contributed by atoms with van der Waals surface area (Å²) in [5.74, 6) is 0.290. The Bertz CT molecular complexity index is 770. The molecule has 2 rings (SSSR count). The number of hydrogen-bond donors (Lipinski definition) is 2. The Morgan fingerprint density at radius 2 is 1.77 bits per heavy atom. The molecule has 0 aliphatic carbocycles. The summed E-state index contributed by atoms with van der Waals surface area (Å²) in [6, 6.07) is 12.7. The van der Waals surface area contributed by atoms with Gasteiger partial charge in [0.25, 0.3) is 5.91 Å². The first kappa shape index (κ1) is 16.0. The zero-order valence-electron chi connectivity index (χ0n) is 12.2. The Balaban J connectivity index is 2.20. The van der Waals surface area contributed by atoms with Crippen LogP contribution in [-0.2, 0) is 10.0 Å². The predicted octanol–water partition coefficient (Wildman–Crippen LogP) is 1.86. The van der Waals surface area contributed by atoms with Gasteiger partial charge < -0.3 is 10.1 Å². The number of carbonyl (C=O) groups is 1. The molecule has 22 heavy (non-hydrogen) atoms. The highest BCUT2D eigenvalue weighted by Gasteiger charge is 2.14. The first-order chi connectivity index (χ1) is 10.5. The zero-order chi connectivity index (χ0) is 16.2. The van der Waals surface area contributed by atoms with Crippen molar-refractivity contribution >= 4 is 21.6 Å². The van der Waals surface area contributed by atoms with E-state index in [9.17, 15) is 13.2 Å². The second kappa shape index (κ2) is 6.59. The van der Waals surface area contributed by atoms with E-state index in [-0.39, 0.29) is 10.5 Å². The summed E-state index contributed by atoms with van der Waals surface area (Å²) in [6.45, 7) is 0. The molecule has 0 fully saturated rings. The molecule has 0 aliphatic rings. The average molecular weight is 320 g/mol. The van der Waals surface area contributed by atoms with Crippen molar-refractivity contribution in [1.29, 1.82) is 0 Å². The van der Waals surface area contributed by atoms with E-state index in [0.717, 1.165) is 0 Å². The van der Waals surface area contributed by atoms with Gasteiger partial charge in [0.15, 0.2) is 0 Å². The molecule has 0 aromatic heterocycles. The van der Waals surface area contributed by atoms with E-state index < -0.39 is 15.9 Å². The number of carbonyl (C=O) groups excluding carboxylic acids is 1. The van der Waals surface area contributed by atoms with Crippen molar-refractivity contribution in [3.05, 3.63) is 54.1 Å². The van der Waals surface area contributed by atoms with Gasteiger partial charge in [-0.15, -0.1) is 0 Å². The number of nitrogens with one attached hydrogen (secondary N) is 2. The molecule has 2 N–H and O–H groups in total. The van der Waals surface area contributed by atoms with Crippen molar-refractivity contribution in [3.8, 4) is 5.75 Å². The number of amides is 1. The molecule has 1 amide bonds. The molecule has 0 saturated carbocycles. The Kier molecular flexibility index (Phi) is 4.79. The van der Waals surface area contributed by atoms with Crippen LogP contribution in [0.15, 0.2) is 53.4 Å². The second-order valence-electron chi connectivity index (χ2n) is 4.42. The van der Waals surface area contributed by atoms with Crippen molar-refractivity contribution in [3.63, 3.8) is 0 Å². The number of benzene rings is 2. The fraction of sp³-hybridized carbons (Fsp3) is 0.133. The summed E-state index contributed by atoms with van der Waals surface area (Å²) in [6.07, 6.45) is 0. The summed E-state index contributed by atoms with van der Waals surface area (Å²) < 4.78 is 30.7. The molecule has 0 bridgehead atoms. The van der Waals surface area contributed by atoms with Crippen LogP contribution in [-0.4, -0.2) is 28.5 Å². The van der Waals surface area contributed by atoms with Crippen molar-refractivity contribution in [2.45, 2.75) is 4.90 Å². The molecule has 0 saturated heterocycles. The molecular weight excluding hydrogens is 304 g/mol. The first-order valence-electron chi connectivity index (χ1n) is 6.45. The highest BCUT2D eigenvalue weighted by molar-refractivity contribution is 7.89. The highest BCUT2D eigenvalue weighted by atomic mass is 32.2. The van der Waals surface area contributed by atoms with Crippen LogP contribution in [0.2, 0.25) is 0 Å². The molecule has 116 valence electrons. The summed E-state index contributed by atoms with van der Waals surface area (Å²) in [7, 11) is -0.707. The van der Waals surface area contributed by atoms with Gasteiger partial charge >= 0.3 is 0 Å². The minimum absolute atomic E-state index is 0.0392. The van der Waals surface area contributed by atoms with Crippen LogP contribution < -0.4 is 14.8 Å². The predicted molar refractivity (Wildman–Crippen MR) is 83.6 cm³/mol. The van der Waals surface area contributed by atoms with E-state index in [1.165, 1.54) is 25.2 Å². The van der Waals surface area contributed by atoms with E-state index in [2.05, 4.69) is 10.0 Å². The van der Waals surface area contributed by atoms with Crippen LogP contribution in [0, 0.1) is 0 Å². The Hall–Kier alpha value is -2.38. The van der Waals surface area contributed by atoms with E-state index >= 15 is 0 Å². The lowest BCUT2D eigenvalue weighted by atomic mass is 10.2. The summed E-state index contributed by atoms with van der Waals surface area (Å²) in [4.78, 5) is 12.2. The number of ether oxygens (including phenoxy) is 1. The van der Waals surface area contributed by atoms with Crippen molar-refractivity contribution in [1.82, 2.24) is 4.72 Å². The monoisotopic (exact) mass is 320 g/mol. The lowest BCUT2D eigenvalue weighted by Gasteiger charge is -2.08. The van der Waals surface area contributed by atoms with Gasteiger partial charge in [0.2, 0.25) is 10.0 Å². The lowest BCUT2D eigenvalue weighted by molar-refractivity contribution is 0.102. The summed E-state index contributed by atoms with van der Waals surface area (Å²) in [5.41, 5.74) is 0.847. The van der Waals surface area contributed by atoms with E-state index in [1.807, 2.05) is 0 Å². The SMILES string of the molecule is CNS(=O)(=O)c1cccc(C(=O)Nc2ccc(OC)cc2)c1. The number of hydrogen-bond acceptors (Lipinski definition) is 4. The zero-order valence-corrected chi connectivity index (χ0v) is 13.0. The molecule has 0 heterocycles. The standard InChI is InChI=1S/C15H16N2O4S/c1-16-22(19,20)14-5-3-4-11(10-14)15(18)17-12-6-8-13(21-2)9-7-12/h3-10,16H,1-2H3,(H,17,18). The molecule has 2 aromatic rings. The molecule has 6 nitrogen and oxygen atoms in total. The highest BCUT2D eigenvalue weighted by Crippen LogP contribution is 2.17. The molecule has 2 aromatic carbocycles. The van der Waals surface area contributed by atoms with Gasteiger partial charge in [0.1, 0.15) is 5.75 Å². The molecule has 0 radical (unpaired) electrons. The Labute approximate surface area is 129 Å². The van der Waals surface area contributed by atoms with Crippen LogP contribution >= 0.6 is 0 Å². The maximum absolute atomic E-state index is 12.2. The summed E-state index contributed by atoms with van der Waals surface area (Å²) in [5, 5.41) is 2.70. The van der Waals surface area contributed by atoms with Crippen molar-refractivity contribution < 1.29 is 17.9 Å².